The smallest absolute Gasteiger partial charge is 0.271 e. The highest BCUT2D eigenvalue weighted by Gasteiger charge is 2.39. The number of rotatable bonds is 11. The Bertz CT molecular complexity index is 1800. The standard InChI is InChI=1S/C39H42N4O5/c1-25-35(23-43(3)26(2)36(45)29-9-5-4-6-10-29)47-39(48-37(25)30-17-15-28(24-44)16-18-30)31-19-13-27(14-20-31)21-41-38(46)34-22-40-32-11-7-8-12-33(32)42-34/h4-20,22,25-26,35-37,39,44-45H,21,23-24H2,1-3H3,(H,41,46)/t25-,26+,35+,36+,37+,39+/m1/s1. The number of likely N-dealkylation sites (N-methyl/N-ethyl adjacent to an activating group) is 1. The van der Waals surface area contributed by atoms with Crippen molar-refractivity contribution in [2.24, 2.45) is 5.92 Å². The van der Waals surface area contributed by atoms with Gasteiger partial charge >= 0.3 is 0 Å². The average molecular weight is 647 g/mol. The summed E-state index contributed by atoms with van der Waals surface area (Å²) in [5, 5.41) is 23.6. The summed E-state index contributed by atoms with van der Waals surface area (Å²) in [6.07, 6.45) is -0.252. The highest BCUT2D eigenvalue weighted by atomic mass is 16.7. The highest BCUT2D eigenvalue weighted by Crippen LogP contribution is 2.42. The van der Waals surface area contributed by atoms with E-state index in [-0.39, 0.29) is 42.4 Å². The SMILES string of the molecule is C[C@@H]1[C@H](CN(C)[C@@H](C)[C@H](O)c2ccccc2)O[C@H](c2ccc(CNC(=O)c3cnc4ccccc4n3)cc2)O[C@@H]1c1ccc(CO)cc1. The number of carbonyl (C=O) groups is 1. The molecule has 9 nitrogen and oxygen atoms in total. The second-order valence-electron chi connectivity index (χ2n) is 12.5. The Morgan fingerprint density at radius 1 is 0.875 bits per heavy atom. The minimum Gasteiger partial charge on any atom is -0.392 e. The highest BCUT2D eigenvalue weighted by molar-refractivity contribution is 5.93. The molecule has 248 valence electrons. The van der Waals surface area contributed by atoms with Crippen molar-refractivity contribution >= 4 is 16.9 Å². The lowest BCUT2D eigenvalue weighted by molar-refractivity contribution is -0.276. The maximum atomic E-state index is 12.8. The second kappa shape index (κ2) is 15.1. The molecule has 0 spiro atoms. The van der Waals surface area contributed by atoms with Crippen LogP contribution in [0.3, 0.4) is 0 Å². The summed E-state index contributed by atoms with van der Waals surface area (Å²) < 4.78 is 13.3. The molecule has 6 rings (SSSR count). The van der Waals surface area contributed by atoms with Gasteiger partial charge in [-0.05, 0) is 48.4 Å². The number of fused-ring (bicyclic) bond motifs is 1. The predicted molar refractivity (Wildman–Crippen MR) is 184 cm³/mol. The van der Waals surface area contributed by atoms with Crippen molar-refractivity contribution < 1.29 is 24.5 Å². The molecule has 1 saturated heterocycles. The van der Waals surface area contributed by atoms with Crippen LogP contribution >= 0.6 is 0 Å². The van der Waals surface area contributed by atoms with Gasteiger partial charge in [-0.2, -0.15) is 0 Å². The molecule has 0 saturated carbocycles. The van der Waals surface area contributed by atoms with E-state index >= 15 is 0 Å². The van der Waals surface area contributed by atoms with Crippen molar-refractivity contribution in [1.29, 1.82) is 0 Å². The van der Waals surface area contributed by atoms with Gasteiger partial charge in [-0.25, -0.2) is 4.98 Å². The molecule has 48 heavy (non-hydrogen) atoms. The van der Waals surface area contributed by atoms with Crippen LogP contribution in [0.15, 0.2) is 109 Å². The third-order valence-electron chi connectivity index (χ3n) is 9.27. The third-order valence-corrected chi connectivity index (χ3v) is 9.27. The Morgan fingerprint density at radius 3 is 2.23 bits per heavy atom. The van der Waals surface area contributed by atoms with Crippen LogP contribution in [0.5, 0.6) is 0 Å². The number of aliphatic hydroxyl groups excluding tert-OH is 2. The van der Waals surface area contributed by atoms with Gasteiger partial charge in [-0.15, -0.1) is 0 Å². The molecular weight excluding hydrogens is 604 g/mol. The number of para-hydroxylation sites is 2. The number of aliphatic hydroxyl groups is 2. The van der Waals surface area contributed by atoms with E-state index in [1.54, 1.807) is 0 Å². The first-order chi connectivity index (χ1) is 23.3. The molecule has 0 bridgehead atoms. The van der Waals surface area contributed by atoms with Crippen molar-refractivity contribution in [2.75, 3.05) is 13.6 Å². The van der Waals surface area contributed by atoms with Crippen LogP contribution in [0.4, 0.5) is 0 Å². The Hall–Kier alpha value is -4.51. The summed E-state index contributed by atoms with van der Waals surface area (Å²) in [6.45, 7) is 5.03. The first-order valence-electron chi connectivity index (χ1n) is 16.3. The van der Waals surface area contributed by atoms with Gasteiger partial charge in [0.15, 0.2) is 6.29 Å². The van der Waals surface area contributed by atoms with Gasteiger partial charge in [0, 0.05) is 30.6 Å². The summed E-state index contributed by atoms with van der Waals surface area (Å²) in [7, 11) is 2.01. The van der Waals surface area contributed by atoms with Crippen molar-refractivity contribution in [1.82, 2.24) is 20.2 Å². The van der Waals surface area contributed by atoms with Crippen LogP contribution in [0.25, 0.3) is 11.0 Å². The quantitative estimate of drug-likeness (QED) is 0.163. The van der Waals surface area contributed by atoms with Crippen molar-refractivity contribution in [2.45, 2.75) is 57.6 Å². The molecule has 1 aliphatic heterocycles. The molecule has 6 atom stereocenters. The molecule has 1 amide bonds. The van der Waals surface area contributed by atoms with Crippen LogP contribution in [0, 0.1) is 5.92 Å². The van der Waals surface area contributed by atoms with Crippen LogP contribution in [0.2, 0.25) is 0 Å². The van der Waals surface area contributed by atoms with Gasteiger partial charge in [0.05, 0.1) is 42.1 Å². The van der Waals surface area contributed by atoms with Gasteiger partial charge < -0.3 is 25.0 Å². The lowest BCUT2D eigenvalue weighted by Gasteiger charge is -2.43. The Labute approximate surface area is 281 Å². The summed E-state index contributed by atoms with van der Waals surface area (Å²) in [5.41, 5.74) is 6.18. The summed E-state index contributed by atoms with van der Waals surface area (Å²) in [4.78, 5) is 23.7. The summed E-state index contributed by atoms with van der Waals surface area (Å²) >= 11 is 0. The zero-order valence-corrected chi connectivity index (χ0v) is 27.4. The van der Waals surface area contributed by atoms with Crippen molar-refractivity contribution in [3.63, 3.8) is 0 Å². The summed E-state index contributed by atoms with van der Waals surface area (Å²) in [6, 6.07) is 32.7. The molecule has 0 radical (unpaired) electrons. The van der Waals surface area contributed by atoms with E-state index in [4.69, 9.17) is 9.47 Å². The number of hydrogen-bond acceptors (Lipinski definition) is 8. The number of benzene rings is 4. The number of hydrogen-bond donors (Lipinski definition) is 3. The van der Waals surface area contributed by atoms with Crippen molar-refractivity contribution in [3.05, 3.63) is 143 Å². The van der Waals surface area contributed by atoms with E-state index in [2.05, 4.69) is 27.1 Å². The minimum absolute atomic E-state index is 0.00237. The number of carbonyl (C=O) groups excluding carboxylic acids is 1. The molecular formula is C39H42N4O5. The normalized spacial score (nSPS) is 20.8. The fourth-order valence-corrected chi connectivity index (χ4v) is 6.08. The fourth-order valence-electron chi connectivity index (χ4n) is 6.08. The zero-order chi connectivity index (χ0) is 33.6. The van der Waals surface area contributed by atoms with Crippen LogP contribution < -0.4 is 5.32 Å². The maximum Gasteiger partial charge on any atom is 0.271 e. The predicted octanol–water partition coefficient (Wildman–Crippen LogP) is 5.90. The summed E-state index contributed by atoms with van der Waals surface area (Å²) in [5.74, 6) is -0.295. The Morgan fingerprint density at radius 2 is 1.52 bits per heavy atom. The number of aromatic nitrogens is 2. The lowest BCUT2D eigenvalue weighted by Crippen LogP contribution is -2.46. The maximum absolute atomic E-state index is 12.8. The number of nitrogens with zero attached hydrogens (tertiary/aromatic N) is 3. The van der Waals surface area contributed by atoms with E-state index in [0.29, 0.717) is 18.6 Å². The first-order valence-corrected chi connectivity index (χ1v) is 16.3. The monoisotopic (exact) mass is 646 g/mol. The van der Waals surface area contributed by atoms with E-state index in [1.165, 1.54) is 6.20 Å². The first kappa shape index (κ1) is 33.4. The van der Waals surface area contributed by atoms with E-state index in [0.717, 1.165) is 33.3 Å². The lowest BCUT2D eigenvalue weighted by atomic mass is 9.89. The van der Waals surface area contributed by atoms with Gasteiger partial charge in [0.1, 0.15) is 5.69 Å². The molecule has 9 heteroatoms. The van der Waals surface area contributed by atoms with Crippen molar-refractivity contribution in [3.8, 4) is 0 Å². The van der Waals surface area contributed by atoms with Gasteiger partial charge in [0.25, 0.3) is 5.91 Å². The largest absolute Gasteiger partial charge is 0.392 e. The van der Waals surface area contributed by atoms with Crippen LogP contribution in [0.1, 0.15) is 70.7 Å². The third kappa shape index (κ3) is 7.62. The van der Waals surface area contributed by atoms with Gasteiger partial charge in [-0.3, -0.25) is 14.7 Å². The van der Waals surface area contributed by atoms with Crippen LogP contribution in [-0.2, 0) is 22.6 Å². The zero-order valence-electron chi connectivity index (χ0n) is 27.4. The van der Waals surface area contributed by atoms with E-state index in [9.17, 15) is 15.0 Å². The van der Waals surface area contributed by atoms with E-state index < -0.39 is 12.4 Å². The molecule has 0 aliphatic carbocycles. The topological polar surface area (TPSA) is 117 Å². The number of nitrogens with one attached hydrogen (secondary N) is 1. The average Bonchev–Trinajstić information content (AvgIpc) is 3.14. The Kier molecular flexibility index (Phi) is 10.5. The molecule has 0 unspecified atom stereocenters. The molecule has 3 N–H and O–H groups in total. The van der Waals surface area contributed by atoms with E-state index in [1.807, 2.05) is 117 Å². The Balaban J connectivity index is 1.16. The van der Waals surface area contributed by atoms with Gasteiger partial charge in [0.2, 0.25) is 0 Å². The molecule has 1 aromatic heterocycles. The minimum atomic E-state index is -0.648. The van der Waals surface area contributed by atoms with Crippen LogP contribution in [-0.4, -0.2) is 56.7 Å². The second-order valence-corrected chi connectivity index (χ2v) is 12.5. The molecule has 1 aliphatic rings. The number of ether oxygens (including phenoxy) is 2. The molecule has 5 aromatic rings. The number of amides is 1. The molecule has 2 heterocycles. The fraction of sp³-hybridized carbons (Fsp3) is 0.308. The molecule has 4 aromatic carbocycles. The molecule has 1 fully saturated rings. The van der Waals surface area contributed by atoms with Gasteiger partial charge in [-0.1, -0.05) is 97.9 Å².